The van der Waals surface area contributed by atoms with E-state index in [1.807, 2.05) is 24.3 Å². The average molecular weight is 276 g/mol. The molecule has 0 saturated heterocycles. The molecule has 82 valence electrons. The van der Waals surface area contributed by atoms with Crippen LogP contribution in [0.2, 0.25) is 24.7 Å². The molecule has 0 aliphatic carbocycles. The Morgan fingerprint density at radius 1 is 1.40 bits per heavy atom. The van der Waals surface area contributed by atoms with Gasteiger partial charge in [-0.05, 0) is 18.2 Å². The molecule has 1 aromatic rings. The molecule has 1 aromatic carbocycles. The van der Waals surface area contributed by atoms with Crippen LogP contribution in [0.1, 0.15) is 0 Å². The maximum atomic E-state index is 5.88. The lowest BCUT2D eigenvalue weighted by molar-refractivity contribution is 1.66. The molecule has 0 unspecified atom stereocenters. The molecule has 0 aromatic heterocycles. The molecule has 1 rings (SSSR count). The minimum Gasteiger partial charge on any atom is -0.342 e. The Balaban J connectivity index is 2.59. The number of nitrogens with one attached hydrogen (secondary N) is 1. The Morgan fingerprint density at radius 3 is 2.60 bits per heavy atom. The SMILES string of the molecule is C[Si](C)(C)SC(=S)Nc1cccc(Cl)c1. The standard InChI is InChI=1S/C10H14ClNS2Si/c1-15(2,3)14-10(13)12-9-6-4-5-8(11)7-9/h4-7H,1-3H3,(H,12,13). The second-order valence-corrected chi connectivity index (χ2v) is 14.4. The third kappa shape index (κ3) is 5.56. The molecule has 5 heteroatoms. The lowest BCUT2D eigenvalue weighted by Crippen LogP contribution is -2.20. The Kier molecular flexibility index (Phi) is 4.64. The first-order valence-corrected chi connectivity index (χ1v) is 10.5. The van der Waals surface area contributed by atoms with Gasteiger partial charge in [-0.15, -0.1) is 11.2 Å². The molecule has 0 spiro atoms. The average Bonchev–Trinajstić information content (AvgIpc) is 1.99. The molecule has 0 aliphatic heterocycles. The lowest BCUT2D eigenvalue weighted by Gasteiger charge is -2.16. The van der Waals surface area contributed by atoms with E-state index in [1.165, 1.54) is 0 Å². The Bertz CT molecular complexity index is 363. The van der Waals surface area contributed by atoms with Gasteiger partial charge in [-0.2, -0.15) is 0 Å². The molecule has 0 fully saturated rings. The first kappa shape index (κ1) is 13.0. The highest BCUT2D eigenvalue weighted by Crippen LogP contribution is 2.23. The largest absolute Gasteiger partial charge is 0.342 e. The molecule has 0 radical (unpaired) electrons. The molecular formula is C10H14ClNS2Si. The fourth-order valence-corrected chi connectivity index (χ4v) is 6.09. The zero-order valence-corrected chi connectivity index (χ0v) is 12.4. The molecule has 0 atom stereocenters. The van der Waals surface area contributed by atoms with Crippen molar-refractivity contribution in [3.05, 3.63) is 29.3 Å². The van der Waals surface area contributed by atoms with E-state index in [2.05, 4.69) is 25.0 Å². The first-order chi connectivity index (χ1) is 6.87. The van der Waals surface area contributed by atoms with Crippen molar-refractivity contribution in [1.82, 2.24) is 0 Å². The van der Waals surface area contributed by atoms with Gasteiger partial charge in [-0.25, -0.2) is 0 Å². The Hall–Kier alpha value is -0.0331. The zero-order chi connectivity index (χ0) is 11.5. The van der Waals surface area contributed by atoms with Gasteiger partial charge < -0.3 is 5.32 Å². The highest BCUT2D eigenvalue weighted by molar-refractivity contribution is 8.44. The molecule has 1 N–H and O–H groups in total. The summed E-state index contributed by atoms with van der Waals surface area (Å²) in [5.74, 6) is 0. The molecule has 0 heterocycles. The molecule has 0 bridgehead atoms. The summed E-state index contributed by atoms with van der Waals surface area (Å²) in [6.07, 6.45) is 0. The maximum absolute atomic E-state index is 5.88. The fourth-order valence-electron chi connectivity index (χ4n) is 0.988. The van der Waals surface area contributed by atoms with Gasteiger partial charge in [-0.3, -0.25) is 0 Å². The van der Waals surface area contributed by atoms with Crippen LogP contribution in [-0.2, 0) is 0 Å². The smallest absolute Gasteiger partial charge is 0.132 e. The van der Waals surface area contributed by atoms with E-state index < -0.39 is 7.22 Å². The van der Waals surface area contributed by atoms with Crippen LogP contribution < -0.4 is 5.32 Å². The highest BCUT2D eigenvalue weighted by Gasteiger charge is 2.16. The zero-order valence-electron chi connectivity index (χ0n) is 9.00. The van der Waals surface area contributed by atoms with E-state index in [9.17, 15) is 0 Å². The number of benzene rings is 1. The molecule has 1 nitrogen and oxygen atoms in total. The van der Waals surface area contributed by atoms with Crippen LogP contribution >= 0.6 is 35.0 Å². The van der Waals surface area contributed by atoms with E-state index in [4.69, 9.17) is 23.8 Å². The van der Waals surface area contributed by atoms with E-state index in [0.29, 0.717) is 0 Å². The van der Waals surface area contributed by atoms with Crippen LogP contribution in [0, 0.1) is 0 Å². The number of halogens is 1. The maximum Gasteiger partial charge on any atom is 0.132 e. The summed E-state index contributed by atoms with van der Waals surface area (Å²) >= 11 is 12.9. The minimum atomic E-state index is -1.21. The monoisotopic (exact) mass is 275 g/mol. The van der Waals surface area contributed by atoms with Crippen LogP contribution in [0.3, 0.4) is 0 Å². The first-order valence-electron chi connectivity index (χ1n) is 4.62. The Labute approximate surface area is 106 Å². The third-order valence-corrected chi connectivity index (χ3v) is 5.85. The van der Waals surface area contributed by atoms with Crippen LogP contribution in [0.4, 0.5) is 5.69 Å². The van der Waals surface area contributed by atoms with Crippen molar-refractivity contribution in [3.8, 4) is 0 Å². The molecule has 0 saturated carbocycles. The van der Waals surface area contributed by atoms with E-state index in [1.54, 1.807) is 11.2 Å². The van der Waals surface area contributed by atoms with Crippen molar-refractivity contribution in [3.63, 3.8) is 0 Å². The van der Waals surface area contributed by atoms with Crippen molar-refractivity contribution in [2.24, 2.45) is 0 Å². The topological polar surface area (TPSA) is 12.0 Å². The second kappa shape index (κ2) is 5.34. The van der Waals surface area contributed by atoms with E-state index in [-0.39, 0.29) is 0 Å². The quantitative estimate of drug-likeness (QED) is 0.626. The summed E-state index contributed by atoms with van der Waals surface area (Å²) in [7, 11) is -1.21. The van der Waals surface area contributed by atoms with Crippen LogP contribution in [0.15, 0.2) is 24.3 Å². The summed E-state index contributed by atoms with van der Waals surface area (Å²) in [6.45, 7) is 6.80. The van der Waals surface area contributed by atoms with Gasteiger partial charge in [0.25, 0.3) is 0 Å². The summed E-state index contributed by atoms with van der Waals surface area (Å²) in [6, 6.07) is 7.59. The third-order valence-electron chi connectivity index (χ3n) is 1.47. The fraction of sp³-hybridized carbons (Fsp3) is 0.300. The predicted octanol–water partition coefficient (Wildman–Crippen LogP) is 4.60. The highest BCUT2D eigenvalue weighted by atomic mass is 35.5. The van der Waals surface area contributed by atoms with Gasteiger partial charge in [0.05, 0.1) is 0 Å². The molecule has 15 heavy (non-hydrogen) atoms. The molecule has 0 aliphatic rings. The predicted molar refractivity (Wildman–Crippen MR) is 78.6 cm³/mol. The van der Waals surface area contributed by atoms with Crippen LogP contribution in [0.5, 0.6) is 0 Å². The van der Waals surface area contributed by atoms with Crippen LogP contribution in [-0.4, -0.2) is 11.5 Å². The van der Waals surface area contributed by atoms with Gasteiger partial charge >= 0.3 is 0 Å². The van der Waals surface area contributed by atoms with Crippen molar-refractivity contribution in [2.75, 3.05) is 5.32 Å². The van der Waals surface area contributed by atoms with Gasteiger partial charge in [-0.1, -0.05) is 49.5 Å². The van der Waals surface area contributed by atoms with Gasteiger partial charge in [0.2, 0.25) is 0 Å². The van der Waals surface area contributed by atoms with E-state index in [0.717, 1.165) is 15.0 Å². The summed E-state index contributed by atoms with van der Waals surface area (Å²) in [5.41, 5.74) is 0.957. The number of hydrogen-bond acceptors (Lipinski definition) is 2. The van der Waals surface area contributed by atoms with Crippen molar-refractivity contribution < 1.29 is 0 Å². The van der Waals surface area contributed by atoms with Crippen molar-refractivity contribution in [2.45, 2.75) is 19.6 Å². The number of anilines is 1. The molecular weight excluding hydrogens is 262 g/mol. The van der Waals surface area contributed by atoms with Gasteiger partial charge in [0.1, 0.15) is 11.5 Å². The van der Waals surface area contributed by atoms with Crippen molar-refractivity contribution in [1.29, 1.82) is 0 Å². The molecule has 0 amide bonds. The van der Waals surface area contributed by atoms with E-state index >= 15 is 0 Å². The van der Waals surface area contributed by atoms with Crippen LogP contribution in [0.25, 0.3) is 0 Å². The summed E-state index contributed by atoms with van der Waals surface area (Å²) < 4.78 is 0.830. The number of hydrogen-bond donors (Lipinski definition) is 1. The normalized spacial score (nSPS) is 11.2. The van der Waals surface area contributed by atoms with Crippen molar-refractivity contribution >= 4 is 52.3 Å². The number of rotatable bonds is 2. The number of thiocarbonyl (C=S) groups is 1. The minimum absolute atomic E-state index is 0.723. The summed E-state index contributed by atoms with van der Waals surface area (Å²) in [4.78, 5) is 0. The lowest BCUT2D eigenvalue weighted by atomic mass is 10.3. The summed E-state index contributed by atoms with van der Waals surface area (Å²) in [5, 5.41) is 3.91. The second-order valence-electron chi connectivity index (χ2n) is 4.14. The van der Waals surface area contributed by atoms with Gasteiger partial charge in [0, 0.05) is 10.7 Å². The Morgan fingerprint density at radius 2 is 2.07 bits per heavy atom. The van der Waals surface area contributed by atoms with Gasteiger partial charge in [0.15, 0.2) is 0 Å².